The fraction of sp³-hybridized carbons (Fsp3) is 0.400. The molecular weight excluding hydrogens is 538 g/mol. The first-order valence-corrected chi connectivity index (χ1v) is 14.2. The number of carbonyl (C=O) groups excluding carboxylic acids is 4. The van der Waals surface area contributed by atoms with Gasteiger partial charge in [0.05, 0.1) is 12.1 Å². The standard InChI is InChI=1S/C30H35N7O5/c1-19-15-21-16-22(9-11-25(21)42-19)33-30(35-27(39)20-8-10-23(32-17-20)28(40)31-2)34-24-7-3-4-14-37(29(24)41)18-26(38)36-12-5-6-13-36/h8-11,15-17,24H,3-7,12-14,18H2,1-2H3,(H,31,40)(H2,33,34,35,39)/t24-/m0/s1. The number of rotatable bonds is 6. The third-order valence-electron chi connectivity index (χ3n) is 7.44. The number of fused-ring (bicyclic) bond motifs is 1. The van der Waals surface area contributed by atoms with Gasteiger partial charge in [-0.2, -0.15) is 0 Å². The van der Waals surface area contributed by atoms with E-state index < -0.39 is 11.9 Å². The van der Waals surface area contributed by atoms with Crippen molar-refractivity contribution in [3.63, 3.8) is 0 Å². The van der Waals surface area contributed by atoms with E-state index >= 15 is 0 Å². The van der Waals surface area contributed by atoms with Crippen molar-refractivity contribution in [3.05, 3.63) is 59.6 Å². The van der Waals surface area contributed by atoms with Gasteiger partial charge in [0.15, 0.2) is 0 Å². The van der Waals surface area contributed by atoms with Crippen molar-refractivity contribution in [1.82, 2.24) is 25.4 Å². The summed E-state index contributed by atoms with van der Waals surface area (Å²) in [6.45, 7) is 3.82. The molecule has 12 nitrogen and oxygen atoms in total. The van der Waals surface area contributed by atoms with Crippen LogP contribution in [-0.2, 0) is 9.59 Å². The van der Waals surface area contributed by atoms with Crippen molar-refractivity contribution in [2.75, 3.05) is 38.5 Å². The highest BCUT2D eigenvalue weighted by Gasteiger charge is 2.30. The molecule has 0 spiro atoms. The normalized spacial score (nSPS) is 17.7. The molecule has 4 heterocycles. The van der Waals surface area contributed by atoms with E-state index in [-0.39, 0.29) is 41.5 Å². The molecule has 2 fully saturated rings. The Morgan fingerprint density at radius 1 is 1.02 bits per heavy atom. The van der Waals surface area contributed by atoms with Crippen LogP contribution in [0, 0.1) is 6.92 Å². The second-order valence-electron chi connectivity index (χ2n) is 10.5. The van der Waals surface area contributed by atoms with Gasteiger partial charge in [-0.25, -0.2) is 4.99 Å². The highest BCUT2D eigenvalue weighted by molar-refractivity contribution is 6.11. The number of aryl methyl sites for hydroxylation is 1. The van der Waals surface area contributed by atoms with Crippen molar-refractivity contribution in [2.24, 2.45) is 4.99 Å². The molecule has 42 heavy (non-hydrogen) atoms. The maximum atomic E-state index is 13.6. The Morgan fingerprint density at radius 3 is 2.55 bits per heavy atom. The molecule has 0 bridgehead atoms. The zero-order valence-electron chi connectivity index (χ0n) is 23.8. The summed E-state index contributed by atoms with van der Waals surface area (Å²) in [5, 5.41) is 9.29. The number of furan rings is 1. The molecule has 0 aliphatic carbocycles. The average Bonchev–Trinajstić information content (AvgIpc) is 3.63. The van der Waals surface area contributed by atoms with Crippen LogP contribution >= 0.6 is 0 Å². The molecule has 2 aliphatic rings. The van der Waals surface area contributed by atoms with E-state index in [9.17, 15) is 19.2 Å². The SMILES string of the molecule is CNC(=O)c1ccc(C(=O)NC(=N[C@H]2CCCCN(CC(=O)N3CCCC3)C2=O)Nc2ccc3oc(C)cc3c2)cn1. The highest BCUT2D eigenvalue weighted by atomic mass is 16.3. The van der Waals surface area contributed by atoms with Crippen LogP contribution in [0.5, 0.6) is 0 Å². The topological polar surface area (TPSA) is 149 Å². The van der Waals surface area contributed by atoms with Gasteiger partial charge in [-0.3, -0.25) is 29.5 Å². The number of amides is 4. The zero-order valence-corrected chi connectivity index (χ0v) is 23.8. The molecule has 2 aromatic heterocycles. The lowest BCUT2D eigenvalue weighted by Crippen LogP contribution is -2.45. The number of guanidine groups is 1. The Hall–Kier alpha value is -4.74. The van der Waals surface area contributed by atoms with Crippen LogP contribution in [0.4, 0.5) is 5.69 Å². The first-order chi connectivity index (χ1) is 20.3. The summed E-state index contributed by atoms with van der Waals surface area (Å²) in [6, 6.07) is 9.54. The lowest BCUT2D eigenvalue weighted by Gasteiger charge is -2.25. The number of aliphatic imine (C=N–C) groups is 1. The minimum absolute atomic E-state index is 0.0276. The maximum Gasteiger partial charge on any atom is 0.269 e. The third kappa shape index (κ3) is 6.76. The molecule has 2 saturated heterocycles. The Bertz CT molecular complexity index is 1510. The Morgan fingerprint density at radius 2 is 1.81 bits per heavy atom. The van der Waals surface area contributed by atoms with Crippen LogP contribution in [0.3, 0.4) is 0 Å². The van der Waals surface area contributed by atoms with E-state index in [4.69, 9.17) is 4.42 Å². The second-order valence-corrected chi connectivity index (χ2v) is 10.5. The van der Waals surface area contributed by atoms with Gasteiger partial charge in [0, 0.05) is 44.0 Å². The minimum Gasteiger partial charge on any atom is -0.461 e. The molecule has 0 radical (unpaired) electrons. The number of benzene rings is 1. The molecule has 3 N–H and O–H groups in total. The zero-order chi connectivity index (χ0) is 29.6. The minimum atomic E-state index is -0.782. The first kappa shape index (κ1) is 28.8. The van der Waals surface area contributed by atoms with Gasteiger partial charge in [-0.1, -0.05) is 0 Å². The maximum absolute atomic E-state index is 13.6. The summed E-state index contributed by atoms with van der Waals surface area (Å²) in [7, 11) is 1.50. The molecule has 1 atom stereocenters. The van der Waals surface area contributed by atoms with E-state index in [0.717, 1.165) is 55.5 Å². The van der Waals surface area contributed by atoms with Crippen molar-refractivity contribution in [2.45, 2.75) is 45.1 Å². The van der Waals surface area contributed by atoms with E-state index in [0.29, 0.717) is 18.7 Å². The fourth-order valence-electron chi connectivity index (χ4n) is 5.20. The third-order valence-corrected chi connectivity index (χ3v) is 7.44. The summed E-state index contributed by atoms with van der Waals surface area (Å²) in [6.07, 6.45) is 5.27. The van der Waals surface area contributed by atoms with Gasteiger partial charge in [0.1, 0.15) is 23.1 Å². The number of likely N-dealkylation sites (tertiary alicyclic amines) is 2. The quantitative estimate of drug-likeness (QED) is 0.303. The summed E-state index contributed by atoms with van der Waals surface area (Å²) in [5.41, 5.74) is 1.75. The van der Waals surface area contributed by atoms with Gasteiger partial charge in [-0.05, 0) is 75.4 Å². The van der Waals surface area contributed by atoms with Gasteiger partial charge in [0.25, 0.3) is 11.8 Å². The molecule has 5 rings (SSSR count). The molecule has 1 aromatic carbocycles. The number of carbonyl (C=O) groups is 4. The van der Waals surface area contributed by atoms with Crippen LogP contribution in [0.2, 0.25) is 0 Å². The smallest absolute Gasteiger partial charge is 0.269 e. The first-order valence-electron chi connectivity index (χ1n) is 14.2. The fourth-order valence-corrected chi connectivity index (χ4v) is 5.20. The van der Waals surface area contributed by atoms with E-state index in [1.165, 1.54) is 25.4 Å². The Balaban J connectivity index is 1.39. The van der Waals surface area contributed by atoms with Gasteiger partial charge >= 0.3 is 0 Å². The monoisotopic (exact) mass is 573 g/mol. The summed E-state index contributed by atoms with van der Waals surface area (Å²) < 4.78 is 5.67. The largest absolute Gasteiger partial charge is 0.461 e. The van der Waals surface area contributed by atoms with Crippen molar-refractivity contribution in [1.29, 1.82) is 0 Å². The number of hydrogen-bond donors (Lipinski definition) is 3. The van der Waals surface area contributed by atoms with E-state index in [1.54, 1.807) is 15.9 Å². The Kier molecular flexibility index (Phi) is 8.80. The highest BCUT2D eigenvalue weighted by Crippen LogP contribution is 2.23. The number of anilines is 1. The van der Waals surface area contributed by atoms with Gasteiger partial charge in [0.2, 0.25) is 17.8 Å². The summed E-state index contributed by atoms with van der Waals surface area (Å²) in [4.78, 5) is 63.6. The predicted molar refractivity (Wildman–Crippen MR) is 157 cm³/mol. The molecule has 0 saturated carbocycles. The molecule has 4 amide bonds. The summed E-state index contributed by atoms with van der Waals surface area (Å²) in [5.74, 6) is -0.319. The van der Waals surface area contributed by atoms with Crippen LogP contribution in [-0.4, -0.2) is 83.6 Å². The average molecular weight is 574 g/mol. The molecular formula is C30H35N7O5. The van der Waals surface area contributed by atoms with Crippen LogP contribution in [0.25, 0.3) is 11.0 Å². The second kappa shape index (κ2) is 12.8. The number of nitrogens with one attached hydrogen (secondary N) is 3. The van der Waals surface area contributed by atoms with Crippen LogP contribution in [0.15, 0.2) is 52.0 Å². The van der Waals surface area contributed by atoms with Gasteiger partial charge in [-0.15, -0.1) is 0 Å². The molecule has 220 valence electrons. The van der Waals surface area contributed by atoms with E-state index in [2.05, 4.69) is 25.9 Å². The van der Waals surface area contributed by atoms with Crippen molar-refractivity contribution in [3.8, 4) is 0 Å². The molecule has 12 heteroatoms. The number of pyridine rings is 1. The van der Waals surface area contributed by atoms with Crippen LogP contribution in [0.1, 0.15) is 58.7 Å². The molecule has 0 unspecified atom stereocenters. The van der Waals surface area contributed by atoms with Crippen molar-refractivity contribution < 1.29 is 23.6 Å². The molecule has 3 aromatic rings. The van der Waals surface area contributed by atoms with Crippen LogP contribution < -0.4 is 16.0 Å². The molecule has 2 aliphatic heterocycles. The van der Waals surface area contributed by atoms with Crippen molar-refractivity contribution >= 4 is 46.2 Å². The number of hydrogen-bond acceptors (Lipinski definition) is 7. The van der Waals surface area contributed by atoms with Gasteiger partial charge < -0.3 is 24.9 Å². The number of nitrogens with zero attached hydrogens (tertiary/aromatic N) is 4. The lowest BCUT2D eigenvalue weighted by atomic mass is 10.1. The lowest BCUT2D eigenvalue weighted by molar-refractivity contribution is -0.140. The van der Waals surface area contributed by atoms with E-state index in [1.807, 2.05) is 25.1 Å². The predicted octanol–water partition coefficient (Wildman–Crippen LogP) is 2.70. The summed E-state index contributed by atoms with van der Waals surface area (Å²) >= 11 is 0. The number of aromatic nitrogens is 1. The Labute approximate surface area is 243 Å².